The Kier molecular flexibility index (Phi) is 4.71. The van der Waals surface area contributed by atoms with Crippen LogP contribution in [0, 0.1) is 5.92 Å². The van der Waals surface area contributed by atoms with Gasteiger partial charge in [0.15, 0.2) is 5.13 Å². The first-order valence-corrected chi connectivity index (χ1v) is 9.67. The number of ether oxygens (including phenoxy) is 1. The van der Waals surface area contributed by atoms with Gasteiger partial charge in [0.1, 0.15) is 11.5 Å². The third-order valence-electron chi connectivity index (χ3n) is 4.19. The molecule has 0 bridgehead atoms. The van der Waals surface area contributed by atoms with Crippen molar-refractivity contribution < 1.29 is 4.74 Å². The van der Waals surface area contributed by atoms with E-state index in [1.54, 1.807) is 17.5 Å². The highest BCUT2D eigenvalue weighted by atomic mass is 32.1. The molecule has 0 aliphatic carbocycles. The number of para-hydroxylation sites is 1. The van der Waals surface area contributed by atoms with Crippen LogP contribution in [0.3, 0.4) is 0 Å². The van der Waals surface area contributed by atoms with E-state index in [4.69, 9.17) is 4.74 Å². The van der Waals surface area contributed by atoms with Crippen molar-refractivity contribution in [1.82, 2.24) is 9.97 Å². The molecule has 4 nitrogen and oxygen atoms in total. The fraction of sp³-hybridized carbons (Fsp3) is 0.238. The Labute approximate surface area is 156 Å². The number of benzene rings is 2. The summed E-state index contributed by atoms with van der Waals surface area (Å²) in [5.41, 5.74) is 1.93. The van der Waals surface area contributed by atoms with E-state index >= 15 is 0 Å². The summed E-state index contributed by atoms with van der Waals surface area (Å²) >= 11 is 1.66. The highest BCUT2D eigenvalue weighted by molar-refractivity contribution is 7.22. The quantitative estimate of drug-likeness (QED) is 0.450. The number of nitrogens with zero attached hydrogens (tertiary/aromatic N) is 2. The number of nitrogens with one attached hydrogen (secondary N) is 1. The summed E-state index contributed by atoms with van der Waals surface area (Å²) in [6.07, 6.45) is 2.92. The van der Waals surface area contributed by atoms with Crippen molar-refractivity contribution in [2.45, 2.75) is 20.3 Å². The molecule has 0 saturated carbocycles. The maximum absolute atomic E-state index is 6.14. The molecule has 0 spiro atoms. The minimum Gasteiger partial charge on any atom is -0.457 e. The van der Waals surface area contributed by atoms with Crippen molar-refractivity contribution in [1.29, 1.82) is 0 Å². The van der Waals surface area contributed by atoms with Crippen LogP contribution in [-0.2, 0) is 0 Å². The normalized spacial score (nSPS) is 11.3. The van der Waals surface area contributed by atoms with Crippen molar-refractivity contribution in [3.8, 4) is 11.5 Å². The van der Waals surface area contributed by atoms with Gasteiger partial charge in [-0.25, -0.2) is 4.98 Å². The van der Waals surface area contributed by atoms with Gasteiger partial charge in [-0.1, -0.05) is 37.3 Å². The van der Waals surface area contributed by atoms with E-state index in [9.17, 15) is 0 Å². The third-order valence-corrected chi connectivity index (χ3v) is 5.17. The average molecular weight is 363 g/mol. The van der Waals surface area contributed by atoms with Crippen molar-refractivity contribution in [2.75, 3.05) is 11.9 Å². The second-order valence-corrected chi connectivity index (χ2v) is 7.72. The van der Waals surface area contributed by atoms with E-state index in [0.29, 0.717) is 5.92 Å². The van der Waals surface area contributed by atoms with Crippen molar-refractivity contribution in [2.24, 2.45) is 5.92 Å². The van der Waals surface area contributed by atoms with Gasteiger partial charge in [0.2, 0.25) is 0 Å². The summed E-state index contributed by atoms with van der Waals surface area (Å²) in [6.45, 7) is 5.41. The minimum atomic E-state index is 0.687. The SMILES string of the molecule is CC(C)CCNc1nc2ccc(Oc3ccnc4ccccc34)cc2s1. The van der Waals surface area contributed by atoms with E-state index in [1.807, 2.05) is 42.5 Å². The first kappa shape index (κ1) is 16.8. The molecule has 0 atom stereocenters. The molecular formula is C21H21N3OS. The first-order chi connectivity index (χ1) is 12.7. The lowest BCUT2D eigenvalue weighted by atomic mass is 10.1. The smallest absolute Gasteiger partial charge is 0.183 e. The molecule has 1 N–H and O–H groups in total. The lowest BCUT2D eigenvalue weighted by Gasteiger charge is -2.08. The van der Waals surface area contributed by atoms with Crippen molar-refractivity contribution in [3.05, 3.63) is 54.7 Å². The molecule has 0 unspecified atom stereocenters. The van der Waals surface area contributed by atoms with Gasteiger partial charge in [0, 0.05) is 24.2 Å². The van der Waals surface area contributed by atoms with Crippen LogP contribution in [-0.4, -0.2) is 16.5 Å². The van der Waals surface area contributed by atoms with Crippen molar-refractivity contribution in [3.63, 3.8) is 0 Å². The summed E-state index contributed by atoms with van der Waals surface area (Å²) in [5, 5.41) is 5.39. The van der Waals surface area contributed by atoms with Crippen LogP contribution in [0.2, 0.25) is 0 Å². The maximum Gasteiger partial charge on any atom is 0.183 e. The van der Waals surface area contributed by atoms with E-state index in [1.165, 1.54) is 0 Å². The van der Waals surface area contributed by atoms with Crippen LogP contribution >= 0.6 is 11.3 Å². The van der Waals surface area contributed by atoms with Gasteiger partial charge in [-0.05, 0) is 42.7 Å². The molecule has 2 aromatic heterocycles. The molecule has 2 heterocycles. The first-order valence-electron chi connectivity index (χ1n) is 8.85. The van der Waals surface area contributed by atoms with E-state index < -0.39 is 0 Å². The van der Waals surface area contributed by atoms with E-state index in [0.717, 1.165) is 50.7 Å². The van der Waals surface area contributed by atoms with Crippen molar-refractivity contribution >= 4 is 37.6 Å². The molecule has 4 aromatic rings. The zero-order valence-electron chi connectivity index (χ0n) is 14.9. The predicted octanol–water partition coefficient (Wildman–Crippen LogP) is 6.09. The monoisotopic (exact) mass is 363 g/mol. The van der Waals surface area contributed by atoms with Gasteiger partial charge < -0.3 is 10.1 Å². The van der Waals surface area contributed by atoms with E-state index in [-0.39, 0.29) is 0 Å². The fourth-order valence-corrected chi connectivity index (χ4v) is 3.72. The number of rotatable bonds is 6. The minimum absolute atomic E-state index is 0.687. The molecule has 0 amide bonds. The van der Waals surface area contributed by atoms with Gasteiger partial charge in [-0.15, -0.1) is 0 Å². The Hall–Kier alpha value is -2.66. The Morgan fingerprint density at radius 1 is 1.08 bits per heavy atom. The highest BCUT2D eigenvalue weighted by Crippen LogP contribution is 2.33. The molecule has 132 valence electrons. The molecule has 2 aromatic carbocycles. The summed E-state index contributed by atoms with van der Waals surface area (Å²) < 4.78 is 7.26. The van der Waals surface area contributed by atoms with Gasteiger partial charge >= 0.3 is 0 Å². The number of anilines is 1. The number of fused-ring (bicyclic) bond motifs is 2. The zero-order valence-corrected chi connectivity index (χ0v) is 15.7. The second kappa shape index (κ2) is 7.30. The summed E-state index contributed by atoms with van der Waals surface area (Å²) in [5.74, 6) is 2.31. The lowest BCUT2D eigenvalue weighted by molar-refractivity contribution is 0.489. The van der Waals surface area contributed by atoms with E-state index in [2.05, 4.69) is 35.2 Å². The Bertz CT molecular complexity index is 1040. The van der Waals surface area contributed by atoms with Crippen LogP contribution in [0.25, 0.3) is 21.1 Å². The highest BCUT2D eigenvalue weighted by Gasteiger charge is 2.08. The number of pyridine rings is 1. The Morgan fingerprint density at radius 3 is 2.85 bits per heavy atom. The zero-order chi connectivity index (χ0) is 17.9. The largest absolute Gasteiger partial charge is 0.457 e. The summed E-state index contributed by atoms with van der Waals surface area (Å²) in [7, 11) is 0. The fourth-order valence-electron chi connectivity index (χ4n) is 2.80. The molecule has 4 rings (SSSR count). The Balaban J connectivity index is 1.57. The number of hydrogen-bond acceptors (Lipinski definition) is 5. The van der Waals surface area contributed by atoms with Crippen LogP contribution in [0.5, 0.6) is 11.5 Å². The predicted molar refractivity (Wildman–Crippen MR) is 109 cm³/mol. The van der Waals surface area contributed by atoms with Crippen LogP contribution in [0.15, 0.2) is 54.7 Å². The standard InChI is InChI=1S/C21H21N3OS/c1-14(2)9-11-23-21-24-18-8-7-15(13-20(18)26-21)25-19-10-12-22-17-6-4-3-5-16(17)19/h3-8,10,12-14H,9,11H2,1-2H3,(H,23,24). The molecule has 0 aliphatic rings. The number of thiazole rings is 1. The number of hydrogen-bond donors (Lipinski definition) is 1. The molecular weight excluding hydrogens is 342 g/mol. The molecule has 0 aliphatic heterocycles. The molecule has 5 heteroatoms. The van der Waals surface area contributed by atoms with Gasteiger partial charge in [0.05, 0.1) is 15.7 Å². The molecule has 26 heavy (non-hydrogen) atoms. The van der Waals surface area contributed by atoms with Gasteiger partial charge in [-0.3, -0.25) is 4.98 Å². The number of aromatic nitrogens is 2. The summed E-state index contributed by atoms with van der Waals surface area (Å²) in [6, 6.07) is 15.9. The average Bonchev–Trinajstić information content (AvgIpc) is 3.04. The van der Waals surface area contributed by atoms with Crippen LogP contribution in [0.4, 0.5) is 5.13 Å². The Morgan fingerprint density at radius 2 is 1.96 bits per heavy atom. The third kappa shape index (κ3) is 3.63. The topological polar surface area (TPSA) is 47.0 Å². The second-order valence-electron chi connectivity index (χ2n) is 6.69. The molecule has 0 radical (unpaired) electrons. The molecule has 0 saturated heterocycles. The van der Waals surface area contributed by atoms with Crippen LogP contribution < -0.4 is 10.1 Å². The van der Waals surface area contributed by atoms with Gasteiger partial charge in [0.25, 0.3) is 0 Å². The molecule has 0 fully saturated rings. The lowest BCUT2D eigenvalue weighted by Crippen LogP contribution is -2.03. The van der Waals surface area contributed by atoms with Gasteiger partial charge in [-0.2, -0.15) is 0 Å². The van der Waals surface area contributed by atoms with Crippen LogP contribution in [0.1, 0.15) is 20.3 Å². The maximum atomic E-state index is 6.14. The summed E-state index contributed by atoms with van der Waals surface area (Å²) in [4.78, 5) is 9.03.